The van der Waals surface area contributed by atoms with Crippen LogP contribution in [0.5, 0.6) is 11.5 Å². The Balaban J connectivity index is 1.84. The predicted molar refractivity (Wildman–Crippen MR) is 115 cm³/mol. The number of hydrogen-bond acceptors (Lipinski definition) is 7. The van der Waals surface area contributed by atoms with Crippen molar-refractivity contribution in [2.75, 3.05) is 20.3 Å². The molecule has 8 heteroatoms. The topological polar surface area (TPSA) is 125 Å². The quantitative estimate of drug-likeness (QED) is 0.471. The number of aliphatic hydroxyl groups excluding tert-OH is 1. The lowest BCUT2D eigenvalue weighted by Crippen LogP contribution is -2.46. The van der Waals surface area contributed by atoms with Crippen molar-refractivity contribution >= 4 is 5.97 Å². The molecule has 0 amide bonds. The van der Waals surface area contributed by atoms with Crippen LogP contribution in [0.3, 0.4) is 0 Å². The number of methoxy groups -OCH3 is 1. The van der Waals surface area contributed by atoms with Crippen molar-refractivity contribution in [3.05, 3.63) is 53.3 Å². The van der Waals surface area contributed by atoms with Gasteiger partial charge in [-0.1, -0.05) is 12.1 Å². The number of carbonyl (C=O) groups is 1. The fourth-order valence-electron chi connectivity index (χ4n) is 3.01. The van der Waals surface area contributed by atoms with E-state index in [1.165, 1.54) is 0 Å². The molecule has 1 aromatic heterocycles. The third-order valence-electron chi connectivity index (χ3n) is 4.67. The van der Waals surface area contributed by atoms with E-state index in [1.807, 2.05) is 30.3 Å². The highest BCUT2D eigenvalue weighted by molar-refractivity contribution is 5.67. The fraction of sp³-hybridized carbons (Fsp3) is 0.435. The van der Waals surface area contributed by atoms with Crippen LogP contribution < -0.4 is 14.8 Å². The van der Waals surface area contributed by atoms with Gasteiger partial charge in [0.25, 0.3) is 0 Å². The second-order valence-corrected chi connectivity index (χ2v) is 7.91. The van der Waals surface area contributed by atoms with Gasteiger partial charge in [-0.05, 0) is 50.1 Å². The van der Waals surface area contributed by atoms with Gasteiger partial charge in [0.15, 0.2) is 11.4 Å². The normalized spacial score (nSPS) is 12.1. The molecule has 0 saturated carbocycles. The maximum absolute atomic E-state index is 10.7. The van der Waals surface area contributed by atoms with Gasteiger partial charge in [0, 0.05) is 24.2 Å². The third-order valence-corrected chi connectivity index (χ3v) is 4.67. The summed E-state index contributed by atoms with van der Waals surface area (Å²) in [4.78, 5) is 14.8. The van der Waals surface area contributed by atoms with Gasteiger partial charge in [-0.3, -0.25) is 4.79 Å². The first-order chi connectivity index (χ1) is 14.7. The maximum atomic E-state index is 10.7. The van der Waals surface area contributed by atoms with Crippen LogP contribution in [0, 0.1) is 11.3 Å². The lowest BCUT2D eigenvalue weighted by Gasteiger charge is -2.28. The molecule has 0 bridgehead atoms. The molecule has 2 aromatic rings. The minimum Gasteiger partial charge on any atom is -0.497 e. The number of nitrogens with one attached hydrogen (secondary N) is 1. The number of β-amino-alcohol motifs (C(OH)–C–C–N with tert-alkyl or cyclic N) is 1. The fourth-order valence-corrected chi connectivity index (χ4v) is 3.01. The van der Waals surface area contributed by atoms with Gasteiger partial charge in [-0.25, -0.2) is 4.98 Å². The number of aryl methyl sites for hydroxylation is 1. The number of nitrogens with zero attached hydrogens (tertiary/aromatic N) is 2. The summed E-state index contributed by atoms with van der Waals surface area (Å²) in [5.74, 6) is 0.146. The number of ether oxygens (including phenoxy) is 2. The average molecular weight is 428 g/mol. The lowest BCUT2D eigenvalue weighted by molar-refractivity contribution is -0.136. The highest BCUT2D eigenvalue weighted by Gasteiger charge is 2.20. The number of pyridine rings is 1. The summed E-state index contributed by atoms with van der Waals surface area (Å²) < 4.78 is 10.7. The van der Waals surface area contributed by atoms with E-state index in [0.29, 0.717) is 12.2 Å². The van der Waals surface area contributed by atoms with Gasteiger partial charge in [0.2, 0.25) is 0 Å². The minimum atomic E-state index is -0.925. The van der Waals surface area contributed by atoms with E-state index >= 15 is 0 Å². The molecule has 1 aromatic carbocycles. The molecule has 0 unspecified atom stereocenters. The molecule has 2 rings (SSSR count). The number of carboxylic acids is 1. The first-order valence-corrected chi connectivity index (χ1v) is 10.0. The van der Waals surface area contributed by atoms with Gasteiger partial charge in [-0.2, -0.15) is 5.26 Å². The molecule has 0 spiro atoms. The van der Waals surface area contributed by atoms with Gasteiger partial charge in [0.1, 0.15) is 24.5 Å². The van der Waals surface area contributed by atoms with Gasteiger partial charge >= 0.3 is 5.97 Å². The molecular formula is C23H29N3O5. The summed E-state index contributed by atoms with van der Waals surface area (Å²) in [7, 11) is 1.63. The minimum absolute atomic E-state index is 0.00352. The van der Waals surface area contributed by atoms with Gasteiger partial charge in [0.05, 0.1) is 13.5 Å². The molecular weight excluding hydrogens is 398 g/mol. The molecule has 1 heterocycles. The van der Waals surface area contributed by atoms with E-state index in [0.717, 1.165) is 17.7 Å². The van der Waals surface area contributed by atoms with Crippen LogP contribution in [-0.4, -0.2) is 53.1 Å². The van der Waals surface area contributed by atoms with E-state index in [-0.39, 0.29) is 36.4 Å². The molecule has 8 nitrogen and oxygen atoms in total. The van der Waals surface area contributed by atoms with E-state index in [9.17, 15) is 15.2 Å². The molecule has 0 aliphatic heterocycles. The molecule has 0 saturated heterocycles. The van der Waals surface area contributed by atoms with Crippen molar-refractivity contribution in [1.29, 1.82) is 5.26 Å². The first kappa shape index (κ1) is 24.1. The molecule has 0 radical (unpaired) electrons. The second-order valence-electron chi connectivity index (χ2n) is 7.91. The summed E-state index contributed by atoms with van der Waals surface area (Å²) in [5, 5.41) is 31.7. The Morgan fingerprint density at radius 3 is 2.58 bits per heavy atom. The van der Waals surface area contributed by atoms with Gasteiger partial charge < -0.3 is 25.0 Å². The zero-order valence-electron chi connectivity index (χ0n) is 18.1. The molecule has 0 aliphatic carbocycles. The Kier molecular flexibility index (Phi) is 8.79. The zero-order valence-corrected chi connectivity index (χ0v) is 18.1. The number of hydrogen-bond donors (Lipinski definition) is 3. The highest BCUT2D eigenvalue weighted by atomic mass is 16.5. The van der Waals surface area contributed by atoms with Crippen molar-refractivity contribution < 1.29 is 24.5 Å². The summed E-state index contributed by atoms with van der Waals surface area (Å²) >= 11 is 0. The summed E-state index contributed by atoms with van der Waals surface area (Å²) in [6.07, 6.45) is 0.160. The number of nitriles is 1. The molecule has 3 N–H and O–H groups in total. The molecule has 166 valence electrons. The number of aromatic nitrogens is 1. The van der Waals surface area contributed by atoms with Crippen LogP contribution in [0.15, 0.2) is 36.4 Å². The molecule has 0 aliphatic rings. The van der Waals surface area contributed by atoms with Crippen LogP contribution in [0.2, 0.25) is 0 Å². The molecule has 1 atom stereocenters. The Hall–Kier alpha value is -3.15. The third kappa shape index (κ3) is 8.24. The van der Waals surface area contributed by atoms with Crippen molar-refractivity contribution in [2.24, 2.45) is 0 Å². The molecule has 0 fully saturated rings. The number of rotatable bonds is 12. The standard InChI is InChI=1S/C23H29N3O5/c1-23(2,12-16-4-8-19(30-3)9-5-16)25-14-18(27)15-31-21-10-6-17(7-11-22(28)29)26-20(21)13-24/h4-6,8-10,18,25,27H,7,11-12,14-15H2,1-3H3,(H,28,29)/t18-/m1/s1. The summed E-state index contributed by atoms with van der Waals surface area (Å²) in [6.45, 7) is 4.42. The summed E-state index contributed by atoms with van der Waals surface area (Å²) in [6, 6.07) is 13.0. The van der Waals surface area contributed by atoms with Crippen LogP contribution in [0.25, 0.3) is 0 Å². The smallest absolute Gasteiger partial charge is 0.303 e. The Morgan fingerprint density at radius 1 is 1.26 bits per heavy atom. The van der Waals surface area contributed by atoms with Crippen LogP contribution >= 0.6 is 0 Å². The van der Waals surface area contributed by atoms with Crippen LogP contribution in [0.1, 0.15) is 37.2 Å². The van der Waals surface area contributed by atoms with E-state index in [2.05, 4.69) is 24.1 Å². The van der Waals surface area contributed by atoms with Crippen molar-refractivity contribution in [2.45, 2.75) is 44.8 Å². The zero-order chi connectivity index (χ0) is 22.9. The lowest BCUT2D eigenvalue weighted by atomic mass is 9.94. The van der Waals surface area contributed by atoms with E-state index in [1.54, 1.807) is 19.2 Å². The SMILES string of the molecule is COc1ccc(CC(C)(C)NC[C@@H](O)COc2ccc(CCC(=O)O)nc2C#N)cc1. The maximum Gasteiger partial charge on any atom is 0.303 e. The van der Waals surface area contributed by atoms with E-state index in [4.69, 9.17) is 14.6 Å². The van der Waals surface area contributed by atoms with Crippen molar-refractivity contribution in [3.8, 4) is 17.6 Å². The Bertz CT molecular complexity index is 906. The van der Waals surface area contributed by atoms with Crippen LogP contribution in [0.4, 0.5) is 0 Å². The van der Waals surface area contributed by atoms with Crippen molar-refractivity contribution in [3.63, 3.8) is 0 Å². The summed E-state index contributed by atoms with van der Waals surface area (Å²) in [5.41, 5.74) is 1.48. The first-order valence-electron chi connectivity index (χ1n) is 10.0. The average Bonchev–Trinajstić information content (AvgIpc) is 2.75. The van der Waals surface area contributed by atoms with E-state index < -0.39 is 12.1 Å². The molecule has 31 heavy (non-hydrogen) atoms. The number of aliphatic carboxylic acids is 1. The number of benzene rings is 1. The number of aliphatic hydroxyl groups is 1. The predicted octanol–water partition coefficient (Wildman–Crippen LogP) is 2.33. The number of carboxylic acid groups (broad SMARTS) is 1. The van der Waals surface area contributed by atoms with Gasteiger partial charge in [-0.15, -0.1) is 0 Å². The Morgan fingerprint density at radius 2 is 1.97 bits per heavy atom. The largest absolute Gasteiger partial charge is 0.497 e. The van der Waals surface area contributed by atoms with Crippen molar-refractivity contribution in [1.82, 2.24) is 10.3 Å². The second kappa shape index (κ2) is 11.3. The highest BCUT2D eigenvalue weighted by Crippen LogP contribution is 2.18. The monoisotopic (exact) mass is 427 g/mol. The Labute approximate surface area is 182 Å². The van der Waals surface area contributed by atoms with Crippen LogP contribution in [-0.2, 0) is 17.6 Å².